The van der Waals surface area contributed by atoms with Crippen molar-refractivity contribution in [2.75, 3.05) is 27.2 Å². The van der Waals surface area contributed by atoms with E-state index < -0.39 is 5.91 Å². The maximum absolute atomic E-state index is 12.6. The molecule has 31 heavy (non-hydrogen) atoms. The molecular formula is C23H36ClN3O3S. The number of benzene rings is 1. The molecule has 1 aliphatic heterocycles. The first kappa shape index (κ1) is 26.0. The zero-order valence-corrected chi connectivity index (χ0v) is 20.3. The molecule has 0 bridgehead atoms. The Hall–Kier alpha value is -1.28. The van der Waals surface area contributed by atoms with Crippen LogP contribution in [0.5, 0.6) is 0 Å². The highest BCUT2D eigenvalue weighted by Crippen LogP contribution is 2.32. The van der Waals surface area contributed by atoms with Crippen LogP contribution in [0.25, 0.3) is 0 Å². The molecule has 2 fully saturated rings. The monoisotopic (exact) mass is 469 g/mol. The summed E-state index contributed by atoms with van der Waals surface area (Å²) in [5.74, 6) is -0.0258. The van der Waals surface area contributed by atoms with E-state index in [0.29, 0.717) is 5.92 Å². The van der Waals surface area contributed by atoms with Gasteiger partial charge >= 0.3 is 0 Å². The smallest absolute Gasteiger partial charge is 0.244 e. The summed E-state index contributed by atoms with van der Waals surface area (Å²) in [6.07, 6.45) is 9.04. The molecule has 174 valence electrons. The minimum Gasteiger partial charge on any atom is -0.342 e. The van der Waals surface area contributed by atoms with E-state index in [0.717, 1.165) is 37.4 Å². The van der Waals surface area contributed by atoms with Gasteiger partial charge in [-0.3, -0.25) is 19.1 Å². The third kappa shape index (κ3) is 9.81. The summed E-state index contributed by atoms with van der Waals surface area (Å²) in [4.78, 5) is 27.2. The Labute approximate surface area is 195 Å². The van der Waals surface area contributed by atoms with Gasteiger partial charge in [0.2, 0.25) is 11.8 Å². The normalized spacial score (nSPS) is 17.8. The Morgan fingerprint density at radius 3 is 2.29 bits per heavy atom. The summed E-state index contributed by atoms with van der Waals surface area (Å²) in [7, 11) is 4.03. The molecule has 8 heteroatoms. The van der Waals surface area contributed by atoms with E-state index in [1.165, 1.54) is 37.0 Å². The number of rotatable bonds is 7. The third-order valence-electron chi connectivity index (χ3n) is 5.77. The molecule has 2 N–H and O–H groups in total. The van der Waals surface area contributed by atoms with Crippen molar-refractivity contribution >= 4 is 35.4 Å². The fourth-order valence-electron chi connectivity index (χ4n) is 4.27. The fourth-order valence-corrected chi connectivity index (χ4v) is 5.07. The average Bonchev–Trinajstić information content (AvgIpc) is 3.28. The number of nitrogens with zero attached hydrogens (tertiary/aromatic N) is 2. The summed E-state index contributed by atoms with van der Waals surface area (Å²) in [6, 6.07) is 7.81. The van der Waals surface area contributed by atoms with E-state index in [-0.39, 0.29) is 18.2 Å². The van der Waals surface area contributed by atoms with Gasteiger partial charge in [-0.05, 0) is 81.9 Å². The lowest BCUT2D eigenvalue weighted by molar-refractivity contribution is -0.141. The van der Waals surface area contributed by atoms with Crippen molar-refractivity contribution in [1.29, 1.82) is 0 Å². The van der Waals surface area contributed by atoms with Crippen LogP contribution in [0, 0.1) is 11.8 Å². The van der Waals surface area contributed by atoms with Gasteiger partial charge in [0, 0.05) is 35.3 Å². The number of carbonyl (C=O) groups excluding carboxylic acids is 2. The SMILES string of the molecule is CN(C)Sc1ccc(Cl)cc1.O=C(C[C@@H](CC1CCCC1)C(=O)N1CCCCC1)NO. The molecule has 0 unspecified atom stereocenters. The number of nitrogens with one attached hydrogen (secondary N) is 1. The summed E-state index contributed by atoms with van der Waals surface area (Å²) < 4.78 is 2.04. The quantitative estimate of drug-likeness (QED) is 0.334. The van der Waals surface area contributed by atoms with Crippen LogP contribution in [0.2, 0.25) is 5.02 Å². The van der Waals surface area contributed by atoms with Crippen molar-refractivity contribution in [3.8, 4) is 0 Å². The van der Waals surface area contributed by atoms with E-state index in [9.17, 15) is 9.59 Å². The first-order chi connectivity index (χ1) is 14.9. The van der Waals surface area contributed by atoms with Gasteiger partial charge in [0.1, 0.15) is 0 Å². The minimum absolute atomic E-state index is 0.111. The number of piperidine rings is 1. The number of halogens is 1. The fraction of sp³-hybridized carbons (Fsp3) is 0.652. The molecule has 6 nitrogen and oxygen atoms in total. The highest BCUT2D eigenvalue weighted by Gasteiger charge is 2.30. The molecule has 1 saturated heterocycles. The van der Waals surface area contributed by atoms with Gasteiger partial charge in [-0.15, -0.1) is 0 Å². The predicted octanol–water partition coefficient (Wildman–Crippen LogP) is 5.00. The van der Waals surface area contributed by atoms with Gasteiger partial charge in [0.25, 0.3) is 0 Å². The third-order valence-corrected chi connectivity index (χ3v) is 6.87. The molecule has 1 saturated carbocycles. The average molecular weight is 470 g/mol. The predicted molar refractivity (Wildman–Crippen MR) is 126 cm³/mol. The lowest BCUT2D eigenvalue weighted by Crippen LogP contribution is -2.41. The van der Waals surface area contributed by atoms with Crippen LogP contribution in [-0.4, -0.2) is 53.4 Å². The molecule has 1 aromatic carbocycles. The maximum atomic E-state index is 12.6. The zero-order valence-electron chi connectivity index (χ0n) is 18.7. The largest absolute Gasteiger partial charge is 0.342 e. The molecule has 1 aliphatic carbocycles. The Morgan fingerprint density at radius 2 is 1.74 bits per heavy atom. The Balaban J connectivity index is 0.000000262. The van der Waals surface area contributed by atoms with Crippen LogP contribution in [0.15, 0.2) is 29.2 Å². The van der Waals surface area contributed by atoms with E-state index >= 15 is 0 Å². The van der Waals surface area contributed by atoms with Crippen molar-refractivity contribution in [1.82, 2.24) is 14.7 Å². The number of hydrogen-bond acceptors (Lipinski definition) is 5. The number of hydrogen-bond donors (Lipinski definition) is 2. The van der Waals surface area contributed by atoms with Crippen LogP contribution in [-0.2, 0) is 9.59 Å². The topological polar surface area (TPSA) is 72.9 Å². The molecule has 1 aromatic rings. The summed E-state index contributed by atoms with van der Waals surface area (Å²) >= 11 is 7.41. The van der Waals surface area contributed by atoms with Gasteiger partial charge in [-0.2, -0.15) is 0 Å². The van der Waals surface area contributed by atoms with E-state index in [1.807, 2.05) is 47.6 Å². The van der Waals surface area contributed by atoms with Crippen LogP contribution >= 0.6 is 23.5 Å². The minimum atomic E-state index is -0.446. The second-order valence-corrected chi connectivity index (χ2v) is 10.4. The Morgan fingerprint density at radius 1 is 1.13 bits per heavy atom. The van der Waals surface area contributed by atoms with Crippen LogP contribution in [0.3, 0.4) is 0 Å². The first-order valence-electron chi connectivity index (χ1n) is 11.2. The van der Waals surface area contributed by atoms with Crippen LogP contribution in [0.4, 0.5) is 0 Å². The number of likely N-dealkylation sites (tertiary alicyclic amines) is 1. The van der Waals surface area contributed by atoms with Crippen LogP contribution in [0.1, 0.15) is 57.8 Å². The molecule has 3 rings (SSSR count). The summed E-state index contributed by atoms with van der Waals surface area (Å²) in [5.41, 5.74) is 1.67. The molecular weight excluding hydrogens is 434 g/mol. The van der Waals surface area contributed by atoms with Gasteiger partial charge in [-0.25, -0.2) is 5.48 Å². The van der Waals surface area contributed by atoms with Gasteiger partial charge in [-0.1, -0.05) is 37.3 Å². The molecule has 1 heterocycles. The standard InChI is InChI=1S/C15H26N2O3.C8H10ClNS/c18-14(16-20)11-13(10-12-6-2-3-7-12)15(19)17-8-4-1-5-9-17;1-10(2)11-8-5-3-7(9)4-6-8/h12-13,20H,1-11H2,(H,16,18);3-6H,1-2H3/t13-;/m1./s1. The van der Waals surface area contributed by atoms with Crippen molar-refractivity contribution in [3.63, 3.8) is 0 Å². The highest BCUT2D eigenvalue weighted by atomic mass is 35.5. The van der Waals surface area contributed by atoms with E-state index in [2.05, 4.69) is 0 Å². The maximum Gasteiger partial charge on any atom is 0.244 e. The molecule has 0 radical (unpaired) electrons. The summed E-state index contributed by atoms with van der Waals surface area (Å²) in [6.45, 7) is 1.64. The van der Waals surface area contributed by atoms with Gasteiger partial charge in [0.15, 0.2) is 0 Å². The van der Waals surface area contributed by atoms with Crippen LogP contribution < -0.4 is 5.48 Å². The van der Waals surface area contributed by atoms with Crippen molar-refractivity contribution in [2.24, 2.45) is 11.8 Å². The number of hydroxylamine groups is 1. The Bertz CT molecular complexity index is 675. The molecule has 0 spiro atoms. The molecule has 2 aliphatic rings. The zero-order chi connectivity index (χ0) is 22.6. The highest BCUT2D eigenvalue weighted by molar-refractivity contribution is 7.97. The number of amides is 2. The Kier molecular flexibility index (Phi) is 11.7. The van der Waals surface area contributed by atoms with Crippen molar-refractivity contribution in [3.05, 3.63) is 29.3 Å². The van der Waals surface area contributed by atoms with Gasteiger partial charge in [0.05, 0.1) is 0 Å². The lowest BCUT2D eigenvalue weighted by atomic mass is 9.89. The molecule has 1 atom stereocenters. The lowest BCUT2D eigenvalue weighted by Gasteiger charge is -2.31. The van der Waals surface area contributed by atoms with Gasteiger partial charge < -0.3 is 4.90 Å². The van der Waals surface area contributed by atoms with E-state index in [1.54, 1.807) is 17.4 Å². The van der Waals surface area contributed by atoms with Crippen molar-refractivity contribution < 1.29 is 14.8 Å². The molecule has 0 aromatic heterocycles. The number of carbonyl (C=O) groups is 2. The summed E-state index contributed by atoms with van der Waals surface area (Å²) in [5, 5.41) is 9.50. The second kappa shape index (κ2) is 14.0. The van der Waals surface area contributed by atoms with E-state index in [4.69, 9.17) is 16.8 Å². The van der Waals surface area contributed by atoms with Crippen molar-refractivity contribution in [2.45, 2.75) is 62.7 Å². The molecule has 2 amide bonds. The first-order valence-corrected chi connectivity index (χ1v) is 12.4. The second-order valence-electron chi connectivity index (χ2n) is 8.57.